The SMILES string of the molecule is O=[N+]([O-])c1cc([C@H](CO)N2CCNCC2)ccc1Cl. The second-order valence-corrected chi connectivity index (χ2v) is 4.86. The largest absolute Gasteiger partial charge is 0.394 e. The van der Waals surface area contributed by atoms with E-state index in [2.05, 4.69) is 10.2 Å². The summed E-state index contributed by atoms with van der Waals surface area (Å²) in [4.78, 5) is 12.5. The number of aliphatic hydroxyl groups is 1. The molecule has 2 rings (SSSR count). The number of nitro benzene ring substituents is 1. The lowest BCUT2D eigenvalue weighted by molar-refractivity contribution is -0.384. The van der Waals surface area contributed by atoms with Gasteiger partial charge in [0.1, 0.15) is 5.02 Å². The molecule has 1 fully saturated rings. The minimum absolute atomic E-state index is 0.0706. The van der Waals surface area contributed by atoms with Gasteiger partial charge in [0.05, 0.1) is 17.6 Å². The van der Waals surface area contributed by atoms with Gasteiger partial charge in [-0.2, -0.15) is 0 Å². The first-order chi connectivity index (χ1) is 9.13. The lowest BCUT2D eigenvalue weighted by Gasteiger charge is -2.34. The molecule has 0 amide bonds. The van der Waals surface area contributed by atoms with Crippen LogP contribution in [0.4, 0.5) is 5.69 Å². The first-order valence-corrected chi connectivity index (χ1v) is 6.50. The molecular formula is C12H16ClN3O3. The monoisotopic (exact) mass is 285 g/mol. The van der Waals surface area contributed by atoms with Crippen molar-refractivity contribution in [2.75, 3.05) is 32.8 Å². The molecule has 1 aliphatic heterocycles. The van der Waals surface area contributed by atoms with E-state index in [4.69, 9.17) is 11.6 Å². The summed E-state index contributed by atoms with van der Waals surface area (Å²) >= 11 is 5.80. The van der Waals surface area contributed by atoms with Crippen LogP contribution < -0.4 is 5.32 Å². The van der Waals surface area contributed by atoms with Crippen LogP contribution in [0.15, 0.2) is 18.2 Å². The van der Waals surface area contributed by atoms with Crippen molar-refractivity contribution < 1.29 is 10.0 Å². The van der Waals surface area contributed by atoms with Gasteiger partial charge in [-0.25, -0.2) is 0 Å². The van der Waals surface area contributed by atoms with Crippen molar-refractivity contribution in [2.45, 2.75) is 6.04 Å². The minimum Gasteiger partial charge on any atom is -0.394 e. The predicted octanol–water partition coefficient (Wildman–Crippen LogP) is 1.19. The number of nitro groups is 1. The zero-order valence-corrected chi connectivity index (χ0v) is 11.1. The Kier molecular flexibility index (Phi) is 4.71. The normalized spacial score (nSPS) is 18.2. The fraction of sp³-hybridized carbons (Fsp3) is 0.500. The Bertz CT molecular complexity index is 464. The molecule has 1 atom stereocenters. The average molecular weight is 286 g/mol. The summed E-state index contributed by atoms with van der Waals surface area (Å²) < 4.78 is 0. The molecule has 0 radical (unpaired) electrons. The van der Waals surface area contributed by atoms with Crippen molar-refractivity contribution in [2.24, 2.45) is 0 Å². The lowest BCUT2D eigenvalue weighted by atomic mass is 10.0. The number of benzene rings is 1. The molecule has 1 aromatic carbocycles. The quantitative estimate of drug-likeness (QED) is 0.642. The summed E-state index contributed by atoms with van der Waals surface area (Å²) in [6.45, 7) is 3.25. The van der Waals surface area contributed by atoms with E-state index in [1.165, 1.54) is 12.1 Å². The topological polar surface area (TPSA) is 78.6 Å². The minimum atomic E-state index is -0.502. The first-order valence-electron chi connectivity index (χ1n) is 6.13. The van der Waals surface area contributed by atoms with E-state index in [1.807, 2.05) is 0 Å². The third-order valence-electron chi connectivity index (χ3n) is 3.32. The van der Waals surface area contributed by atoms with Crippen LogP contribution in [-0.2, 0) is 0 Å². The van der Waals surface area contributed by atoms with Crippen molar-refractivity contribution in [3.63, 3.8) is 0 Å². The number of aliphatic hydroxyl groups excluding tert-OH is 1. The fourth-order valence-electron chi connectivity index (χ4n) is 2.30. The molecule has 0 aliphatic carbocycles. The Labute approximate surface area is 116 Å². The summed E-state index contributed by atoms with van der Waals surface area (Å²) in [5, 5.41) is 23.8. The molecule has 6 nitrogen and oxygen atoms in total. The van der Waals surface area contributed by atoms with Crippen LogP contribution in [0, 0.1) is 10.1 Å². The molecule has 104 valence electrons. The van der Waals surface area contributed by atoms with Gasteiger partial charge in [-0.05, 0) is 11.6 Å². The van der Waals surface area contributed by atoms with E-state index in [1.54, 1.807) is 6.07 Å². The second kappa shape index (κ2) is 6.29. The summed E-state index contributed by atoms with van der Waals surface area (Å²) in [7, 11) is 0. The van der Waals surface area contributed by atoms with Gasteiger partial charge in [0, 0.05) is 32.2 Å². The Hall–Kier alpha value is -1.21. The maximum absolute atomic E-state index is 10.9. The van der Waals surface area contributed by atoms with Gasteiger partial charge in [-0.15, -0.1) is 0 Å². The van der Waals surface area contributed by atoms with Crippen LogP contribution in [0.3, 0.4) is 0 Å². The fourth-order valence-corrected chi connectivity index (χ4v) is 2.49. The van der Waals surface area contributed by atoms with Crippen molar-refractivity contribution in [3.8, 4) is 0 Å². The van der Waals surface area contributed by atoms with Gasteiger partial charge in [0.25, 0.3) is 5.69 Å². The maximum Gasteiger partial charge on any atom is 0.288 e. The molecule has 1 heterocycles. The number of nitrogens with zero attached hydrogens (tertiary/aromatic N) is 2. The number of hydrogen-bond acceptors (Lipinski definition) is 5. The molecule has 1 aliphatic rings. The van der Waals surface area contributed by atoms with Crippen LogP contribution in [0.25, 0.3) is 0 Å². The van der Waals surface area contributed by atoms with Gasteiger partial charge in [0.2, 0.25) is 0 Å². The Morgan fingerprint density at radius 3 is 2.74 bits per heavy atom. The summed E-state index contributed by atoms with van der Waals surface area (Å²) in [6, 6.07) is 4.47. The standard InChI is InChI=1S/C12H16ClN3O3/c13-10-2-1-9(7-11(10)16(18)19)12(8-17)15-5-3-14-4-6-15/h1-2,7,12,14,17H,3-6,8H2/t12-/m0/s1. The Morgan fingerprint density at radius 1 is 1.47 bits per heavy atom. The molecule has 0 aromatic heterocycles. The molecule has 1 saturated heterocycles. The Balaban J connectivity index is 2.27. The molecule has 19 heavy (non-hydrogen) atoms. The number of piperazine rings is 1. The summed E-state index contributed by atoms with van der Waals surface area (Å²) in [6.07, 6.45) is 0. The van der Waals surface area contributed by atoms with Crippen LogP contribution in [0.1, 0.15) is 11.6 Å². The van der Waals surface area contributed by atoms with E-state index >= 15 is 0 Å². The summed E-state index contributed by atoms with van der Waals surface area (Å²) in [5.41, 5.74) is 0.605. The van der Waals surface area contributed by atoms with Gasteiger partial charge >= 0.3 is 0 Å². The highest BCUT2D eigenvalue weighted by Crippen LogP contribution is 2.30. The lowest BCUT2D eigenvalue weighted by Crippen LogP contribution is -2.46. The molecule has 2 N–H and O–H groups in total. The van der Waals surface area contributed by atoms with Crippen LogP contribution in [0.5, 0.6) is 0 Å². The highest BCUT2D eigenvalue weighted by Gasteiger charge is 2.24. The maximum atomic E-state index is 10.9. The van der Waals surface area contributed by atoms with Crippen LogP contribution in [-0.4, -0.2) is 47.7 Å². The first kappa shape index (κ1) is 14.2. The van der Waals surface area contributed by atoms with Crippen molar-refractivity contribution in [1.29, 1.82) is 0 Å². The zero-order chi connectivity index (χ0) is 13.8. The van der Waals surface area contributed by atoms with Crippen LogP contribution >= 0.6 is 11.6 Å². The smallest absolute Gasteiger partial charge is 0.288 e. The van der Waals surface area contributed by atoms with E-state index in [-0.39, 0.29) is 23.4 Å². The molecule has 7 heteroatoms. The number of hydrogen-bond donors (Lipinski definition) is 2. The van der Waals surface area contributed by atoms with Gasteiger partial charge in [-0.1, -0.05) is 17.7 Å². The number of halogens is 1. The van der Waals surface area contributed by atoms with Crippen molar-refractivity contribution in [1.82, 2.24) is 10.2 Å². The molecule has 0 unspecified atom stereocenters. The molecule has 0 saturated carbocycles. The third kappa shape index (κ3) is 3.22. The highest BCUT2D eigenvalue weighted by atomic mass is 35.5. The zero-order valence-electron chi connectivity index (χ0n) is 10.4. The van der Waals surface area contributed by atoms with Crippen molar-refractivity contribution >= 4 is 17.3 Å². The molecule has 1 aromatic rings. The molecule has 0 spiro atoms. The summed E-state index contributed by atoms with van der Waals surface area (Å²) in [5.74, 6) is 0. The predicted molar refractivity (Wildman–Crippen MR) is 72.4 cm³/mol. The molecular weight excluding hydrogens is 270 g/mol. The van der Waals surface area contributed by atoms with E-state index in [9.17, 15) is 15.2 Å². The number of nitrogens with one attached hydrogen (secondary N) is 1. The Morgan fingerprint density at radius 2 is 2.16 bits per heavy atom. The number of rotatable bonds is 4. The van der Waals surface area contributed by atoms with E-state index in [0.29, 0.717) is 0 Å². The van der Waals surface area contributed by atoms with Gasteiger partial charge < -0.3 is 10.4 Å². The van der Waals surface area contributed by atoms with Gasteiger partial charge in [0.15, 0.2) is 0 Å². The van der Waals surface area contributed by atoms with Crippen molar-refractivity contribution in [3.05, 3.63) is 38.9 Å². The van der Waals surface area contributed by atoms with Crippen LogP contribution in [0.2, 0.25) is 5.02 Å². The highest BCUT2D eigenvalue weighted by molar-refractivity contribution is 6.32. The van der Waals surface area contributed by atoms with E-state index < -0.39 is 4.92 Å². The third-order valence-corrected chi connectivity index (χ3v) is 3.64. The average Bonchev–Trinajstić information content (AvgIpc) is 2.42. The van der Waals surface area contributed by atoms with E-state index in [0.717, 1.165) is 31.7 Å². The van der Waals surface area contributed by atoms with Gasteiger partial charge in [-0.3, -0.25) is 15.0 Å². The second-order valence-electron chi connectivity index (χ2n) is 4.45. The molecule has 0 bridgehead atoms.